The van der Waals surface area contributed by atoms with Crippen LogP contribution in [0.4, 0.5) is 5.69 Å². The van der Waals surface area contributed by atoms with Crippen molar-refractivity contribution in [2.45, 2.75) is 33.6 Å². The molecule has 0 aliphatic carbocycles. The van der Waals surface area contributed by atoms with Gasteiger partial charge < -0.3 is 9.80 Å². The van der Waals surface area contributed by atoms with Gasteiger partial charge in [-0.2, -0.15) is 0 Å². The van der Waals surface area contributed by atoms with Gasteiger partial charge in [0.15, 0.2) is 5.15 Å². The van der Waals surface area contributed by atoms with Crippen molar-refractivity contribution in [3.63, 3.8) is 0 Å². The minimum absolute atomic E-state index is 0.114. The molecule has 0 spiro atoms. The number of aryl methyl sites for hydroxylation is 1. The number of hydrogen-bond donors (Lipinski definition) is 0. The predicted molar refractivity (Wildman–Crippen MR) is 91.2 cm³/mol. The van der Waals surface area contributed by atoms with E-state index < -0.39 is 5.92 Å². The number of likely N-dealkylation sites (tertiary alicyclic amines) is 1. The molecule has 0 bridgehead atoms. The zero-order valence-electron chi connectivity index (χ0n) is 13.8. The number of carbonyl (C=O) groups is 1. The van der Waals surface area contributed by atoms with Crippen LogP contribution in [-0.4, -0.2) is 41.4 Å². The summed E-state index contributed by atoms with van der Waals surface area (Å²) in [4.78, 5) is 32.2. The number of rotatable bonds is 4. The fourth-order valence-electron chi connectivity index (χ4n) is 3.02. The first-order valence-electron chi connectivity index (χ1n) is 7.97. The average molecular weight is 336 g/mol. The normalized spacial score (nSPS) is 17.8. The van der Waals surface area contributed by atoms with Crippen LogP contribution in [0.3, 0.4) is 0 Å². The topological polar surface area (TPSA) is 53.5 Å². The molecular formula is C17H22ClN3O2. The molecule has 23 heavy (non-hydrogen) atoms. The molecule has 1 aliphatic rings. The third-order valence-corrected chi connectivity index (χ3v) is 4.50. The third kappa shape index (κ3) is 3.57. The third-order valence-electron chi connectivity index (χ3n) is 4.22. The maximum absolute atomic E-state index is 13.0. The number of carbonyl (C=O) groups excluding carboxylic acids is 2. The van der Waals surface area contributed by atoms with Gasteiger partial charge in [0.25, 0.3) is 0 Å². The van der Waals surface area contributed by atoms with Gasteiger partial charge in [0.2, 0.25) is 5.91 Å². The predicted octanol–water partition coefficient (Wildman–Crippen LogP) is 2.84. The highest BCUT2D eigenvalue weighted by molar-refractivity contribution is 6.32. The van der Waals surface area contributed by atoms with E-state index in [0.29, 0.717) is 36.0 Å². The summed E-state index contributed by atoms with van der Waals surface area (Å²) in [6.07, 6.45) is 1.54. The number of aromatic nitrogens is 1. The molecule has 1 saturated heterocycles. The van der Waals surface area contributed by atoms with Crippen LogP contribution in [0.2, 0.25) is 5.15 Å². The minimum Gasteiger partial charge on any atom is -0.366 e. The molecule has 1 aliphatic heterocycles. The largest absolute Gasteiger partial charge is 0.366 e. The van der Waals surface area contributed by atoms with Crippen molar-refractivity contribution in [1.82, 2.24) is 9.88 Å². The molecule has 1 aromatic rings. The SMILES string of the molecule is CCN1CCCC(C(=O)N(CC)c2ccc(C)nc2Cl)C1=C=O. The van der Waals surface area contributed by atoms with Crippen molar-refractivity contribution >= 4 is 29.1 Å². The van der Waals surface area contributed by atoms with Crippen molar-refractivity contribution in [3.8, 4) is 0 Å². The maximum atomic E-state index is 13.0. The van der Waals surface area contributed by atoms with Crippen LogP contribution in [-0.2, 0) is 9.59 Å². The van der Waals surface area contributed by atoms with Crippen molar-refractivity contribution in [2.75, 3.05) is 24.5 Å². The molecule has 1 unspecified atom stereocenters. The van der Waals surface area contributed by atoms with E-state index in [1.807, 2.05) is 37.7 Å². The quantitative estimate of drug-likeness (QED) is 0.627. The molecule has 0 radical (unpaired) electrons. The minimum atomic E-state index is -0.460. The molecule has 5 nitrogen and oxygen atoms in total. The van der Waals surface area contributed by atoms with E-state index in [1.54, 1.807) is 11.0 Å². The molecule has 1 aromatic heterocycles. The second-order valence-corrected chi connectivity index (χ2v) is 5.96. The van der Waals surface area contributed by atoms with E-state index in [-0.39, 0.29) is 5.91 Å². The lowest BCUT2D eigenvalue weighted by Crippen LogP contribution is -2.44. The number of piperidine rings is 1. The summed E-state index contributed by atoms with van der Waals surface area (Å²) >= 11 is 6.21. The molecule has 0 aromatic carbocycles. The Morgan fingerprint density at radius 2 is 2.22 bits per heavy atom. The van der Waals surface area contributed by atoms with Gasteiger partial charge in [-0.05, 0) is 45.7 Å². The second-order valence-electron chi connectivity index (χ2n) is 5.61. The Balaban J connectivity index is 2.34. The zero-order valence-corrected chi connectivity index (χ0v) is 14.6. The highest BCUT2D eigenvalue weighted by Gasteiger charge is 2.34. The number of amides is 1. The van der Waals surface area contributed by atoms with Gasteiger partial charge in [-0.25, -0.2) is 9.78 Å². The lowest BCUT2D eigenvalue weighted by Gasteiger charge is -2.35. The van der Waals surface area contributed by atoms with E-state index in [2.05, 4.69) is 4.98 Å². The average Bonchev–Trinajstić information content (AvgIpc) is 2.56. The fraction of sp³-hybridized carbons (Fsp3) is 0.529. The molecule has 6 heteroatoms. The first-order chi connectivity index (χ1) is 11.0. The Hall–Kier alpha value is -1.84. The van der Waals surface area contributed by atoms with Crippen LogP contribution in [0.15, 0.2) is 17.8 Å². The number of halogens is 1. The lowest BCUT2D eigenvalue weighted by molar-refractivity contribution is -0.122. The summed E-state index contributed by atoms with van der Waals surface area (Å²) in [5.41, 5.74) is 1.84. The van der Waals surface area contributed by atoms with Crippen molar-refractivity contribution in [3.05, 3.63) is 28.7 Å². The van der Waals surface area contributed by atoms with Gasteiger partial charge in [-0.15, -0.1) is 0 Å². The van der Waals surface area contributed by atoms with Crippen LogP contribution in [0.25, 0.3) is 0 Å². The standard InChI is InChI=1S/C17H22ClN3O2/c1-4-20-10-6-7-13(15(20)11-22)17(23)21(5-2)14-9-8-12(3)19-16(14)18/h8-9,13H,4-7,10H2,1-3H3. The van der Waals surface area contributed by atoms with Gasteiger partial charge in [-0.3, -0.25) is 4.79 Å². The summed E-state index contributed by atoms with van der Waals surface area (Å²) < 4.78 is 0. The highest BCUT2D eigenvalue weighted by atomic mass is 35.5. The monoisotopic (exact) mass is 335 g/mol. The molecule has 0 N–H and O–H groups in total. The van der Waals surface area contributed by atoms with Gasteiger partial charge >= 0.3 is 0 Å². The van der Waals surface area contributed by atoms with Gasteiger partial charge in [0.05, 0.1) is 11.6 Å². The smallest absolute Gasteiger partial charge is 0.236 e. The Morgan fingerprint density at radius 1 is 1.48 bits per heavy atom. The van der Waals surface area contributed by atoms with Crippen LogP contribution < -0.4 is 4.90 Å². The van der Waals surface area contributed by atoms with Crippen LogP contribution >= 0.6 is 11.6 Å². The summed E-state index contributed by atoms with van der Waals surface area (Å²) in [5, 5.41) is 0.306. The number of pyridine rings is 1. The van der Waals surface area contributed by atoms with Crippen LogP contribution in [0, 0.1) is 12.8 Å². The maximum Gasteiger partial charge on any atom is 0.236 e. The van der Waals surface area contributed by atoms with Gasteiger partial charge in [-0.1, -0.05) is 11.6 Å². The number of nitrogens with zero attached hydrogens (tertiary/aromatic N) is 3. The van der Waals surface area contributed by atoms with Gasteiger partial charge in [0, 0.05) is 25.3 Å². The number of anilines is 1. The van der Waals surface area contributed by atoms with Crippen molar-refractivity contribution < 1.29 is 9.59 Å². The molecule has 1 atom stereocenters. The van der Waals surface area contributed by atoms with Crippen molar-refractivity contribution in [1.29, 1.82) is 0 Å². The fourth-order valence-corrected chi connectivity index (χ4v) is 3.32. The lowest BCUT2D eigenvalue weighted by atomic mass is 9.92. The van der Waals surface area contributed by atoms with E-state index in [9.17, 15) is 9.59 Å². The van der Waals surface area contributed by atoms with E-state index in [1.165, 1.54) is 0 Å². The van der Waals surface area contributed by atoms with Gasteiger partial charge in [0.1, 0.15) is 11.6 Å². The first-order valence-corrected chi connectivity index (χ1v) is 8.35. The molecule has 2 rings (SSSR count). The summed E-state index contributed by atoms with van der Waals surface area (Å²) in [6, 6.07) is 3.63. The zero-order chi connectivity index (χ0) is 17.0. The molecule has 1 amide bonds. The van der Waals surface area contributed by atoms with E-state index >= 15 is 0 Å². The van der Waals surface area contributed by atoms with E-state index in [4.69, 9.17) is 11.6 Å². The summed E-state index contributed by atoms with van der Waals surface area (Å²) in [5.74, 6) is 1.41. The first kappa shape index (κ1) is 17.5. The molecule has 124 valence electrons. The molecule has 0 saturated carbocycles. The Kier molecular flexibility index (Phi) is 5.80. The number of hydrogen-bond acceptors (Lipinski definition) is 4. The molecule has 1 fully saturated rings. The second kappa shape index (κ2) is 7.62. The van der Waals surface area contributed by atoms with Crippen LogP contribution in [0.1, 0.15) is 32.4 Å². The van der Waals surface area contributed by atoms with E-state index in [0.717, 1.165) is 18.7 Å². The Morgan fingerprint density at radius 3 is 2.78 bits per heavy atom. The molecular weight excluding hydrogens is 314 g/mol. The van der Waals surface area contributed by atoms with Crippen LogP contribution in [0.5, 0.6) is 0 Å². The summed E-state index contributed by atoms with van der Waals surface area (Å²) in [7, 11) is 0. The Bertz CT molecular complexity index is 641. The summed E-state index contributed by atoms with van der Waals surface area (Å²) in [6.45, 7) is 7.68. The van der Waals surface area contributed by atoms with Crippen molar-refractivity contribution in [2.24, 2.45) is 5.92 Å². The molecule has 2 heterocycles. The Labute approximate surface area is 141 Å². The highest BCUT2D eigenvalue weighted by Crippen LogP contribution is 2.31.